The minimum Gasteiger partial charge on any atom is -0.726 e. The molecule has 0 spiro atoms. The average molecular weight is 522 g/mol. The maximum absolute atomic E-state index is 10.2. The van der Waals surface area contributed by atoms with Gasteiger partial charge >= 0.3 is 0 Å². The molecule has 0 aliphatic heterocycles. The fourth-order valence-electron chi connectivity index (χ4n) is 4.18. The number of hydrogen-bond donors (Lipinski definition) is 0. The Morgan fingerprint density at radius 2 is 0.800 bits per heavy atom. The van der Waals surface area contributed by atoms with Crippen LogP contribution < -0.4 is 0 Å². The fourth-order valence-corrected chi connectivity index (χ4v) is 4.50. The molecular weight excluding hydrogens is 458 g/mol. The van der Waals surface area contributed by atoms with Crippen molar-refractivity contribution in [2.75, 3.05) is 34.3 Å². The summed E-state index contributed by atoms with van der Waals surface area (Å²) in [6.07, 6.45) is 28.8. The van der Waals surface area contributed by atoms with E-state index in [9.17, 15) is 13.0 Å². The maximum Gasteiger partial charge on any atom is 0.217 e. The molecular formula is C29H63NO4S. The van der Waals surface area contributed by atoms with Crippen molar-refractivity contribution in [3.63, 3.8) is 0 Å². The normalized spacial score (nSPS) is 11.9. The Balaban J connectivity index is 0. The van der Waals surface area contributed by atoms with Gasteiger partial charge in [-0.1, -0.05) is 136 Å². The first-order valence-electron chi connectivity index (χ1n) is 15.0. The van der Waals surface area contributed by atoms with Gasteiger partial charge in [-0.15, -0.1) is 0 Å². The molecule has 0 fully saturated rings. The summed E-state index contributed by atoms with van der Waals surface area (Å²) >= 11 is 0. The van der Waals surface area contributed by atoms with Gasteiger partial charge < -0.3 is 9.04 Å². The van der Waals surface area contributed by atoms with Crippen LogP contribution in [0.2, 0.25) is 0 Å². The standard InChI is InChI=1S/C16H34O4S.C13H30N/c1-2-3-4-5-6-7-8-9-10-11-12-13-14-15-16-20-21(17,18)19;1-5-6-7-8-9-10-11-12-13-14(2,3)4/h2-16H2,1H3,(H,17,18,19);5-13H2,1-4H3/q;+1/p-1. The van der Waals surface area contributed by atoms with E-state index < -0.39 is 10.4 Å². The van der Waals surface area contributed by atoms with Crippen molar-refractivity contribution in [3.8, 4) is 0 Å². The van der Waals surface area contributed by atoms with E-state index in [1.807, 2.05) is 0 Å². The summed E-state index contributed by atoms with van der Waals surface area (Å²) in [5.74, 6) is 0. The van der Waals surface area contributed by atoms with Crippen LogP contribution in [0.1, 0.15) is 155 Å². The van der Waals surface area contributed by atoms with Crippen LogP contribution in [0, 0.1) is 0 Å². The Morgan fingerprint density at radius 3 is 1.09 bits per heavy atom. The van der Waals surface area contributed by atoms with Gasteiger partial charge in [0.05, 0.1) is 34.3 Å². The van der Waals surface area contributed by atoms with E-state index in [1.165, 1.54) is 129 Å². The number of quaternary nitrogens is 1. The van der Waals surface area contributed by atoms with Crippen LogP contribution in [0.15, 0.2) is 0 Å². The topological polar surface area (TPSA) is 66.4 Å². The van der Waals surface area contributed by atoms with Crippen molar-refractivity contribution in [3.05, 3.63) is 0 Å². The van der Waals surface area contributed by atoms with E-state index in [0.29, 0.717) is 6.42 Å². The summed E-state index contributed by atoms with van der Waals surface area (Å²) in [5, 5.41) is 0. The number of rotatable bonds is 25. The van der Waals surface area contributed by atoms with Crippen molar-refractivity contribution >= 4 is 10.4 Å². The van der Waals surface area contributed by atoms with Gasteiger partial charge in [-0.3, -0.25) is 4.18 Å². The molecule has 0 aromatic rings. The Kier molecular flexibility index (Phi) is 28.4. The molecule has 0 aliphatic rings. The molecule has 0 aromatic heterocycles. The zero-order chi connectivity index (χ0) is 26.7. The lowest BCUT2D eigenvalue weighted by atomic mass is 10.0. The minimum absolute atomic E-state index is 0.0316. The maximum atomic E-state index is 10.2. The van der Waals surface area contributed by atoms with Gasteiger partial charge in [0.2, 0.25) is 10.4 Å². The Bertz CT molecular complexity index is 503. The molecule has 0 atom stereocenters. The van der Waals surface area contributed by atoms with Crippen molar-refractivity contribution in [1.82, 2.24) is 0 Å². The molecule has 0 saturated carbocycles. The number of unbranched alkanes of at least 4 members (excludes halogenated alkanes) is 20. The van der Waals surface area contributed by atoms with Crippen LogP contribution >= 0.6 is 0 Å². The highest BCUT2D eigenvalue weighted by atomic mass is 32.3. The van der Waals surface area contributed by atoms with Gasteiger partial charge in [0.15, 0.2) is 0 Å². The molecule has 6 heteroatoms. The second kappa shape index (κ2) is 26.9. The largest absolute Gasteiger partial charge is 0.726 e. The van der Waals surface area contributed by atoms with Crippen LogP contribution in [0.4, 0.5) is 0 Å². The molecule has 0 unspecified atom stereocenters. The Labute approximate surface area is 221 Å². The van der Waals surface area contributed by atoms with Crippen LogP contribution in [-0.2, 0) is 14.6 Å². The quantitative estimate of drug-likeness (QED) is 0.0521. The molecule has 0 saturated heterocycles. The molecule has 0 aliphatic carbocycles. The highest BCUT2D eigenvalue weighted by Gasteiger charge is 2.04. The van der Waals surface area contributed by atoms with Crippen LogP contribution in [0.5, 0.6) is 0 Å². The zero-order valence-electron chi connectivity index (χ0n) is 24.5. The second-order valence-corrected chi connectivity index (χ2v) is 12.4. The third-order valence-corrected chi connectivity index (χ3v) is 6.86. The highest BCUT2D eigenvalue weighted by Crippen LogP contribution is 2.13. The van der Waals surface area contributed by atoms with Gasteiger partial charge in [-0.2, -0.15) is 0 Å². The zero-order valence-corrected chi connectivity index (χ0v) is 25.3. The van der Waals surface area contributed by atoms with Crippen molar-refractivity contribution in [1.29, 1.82) is 0 Å². The SMILES string of the molecule is CCCCCCCCCCCCCCCCOS(=O)(=O)[O-].CCCCCCCCCC[N+](C)(C)C. The number of nitrogens with zero attached hydrogens (tertiary/aromatic N) is 1. The van der Waals surface area contributed by atoms with E-state index in [0.717, 1.165) is 17.3 Å². The molecule has 5 nitrogen and oxygen atoms in total. The summed E-state index contributed by atoms with van der Waals surface area (Å²) in [7, 11) is 2.34. The third-order valence-electron chi connectivity index (χ3n) is 6.41. The predicted molar refractivity (Wildman–Crippen MR) is 151 cm³/mol. The predicted octanol–water partition coefficient (Wildman–Crippen LogP) is 8.78. The van der Waals surface area contributed by atoms with Crippen molar-refractivity contribution in [2.24, 2.45) is 0 Å². The Morgan fingerprint density at radius 1 is 0.514 bits per heavy atom. The van der Waals surface area contributed by atoms with Gasteiger partial charge in [0.1, 0.15) is 0 Å². The third kappa shape index (κ3) is 41.2. The molecule has 35 heavy (non-hydrogen) atoms. The smallest absolute Gasteiger partial charge is 0.217 e. The minimum atomic E-state index is -4.49. The molecule has 0 aromatic carbocycles. The summed E-state index contributed by atoms with van der Waals surface area (Å²) in [4.78, 5) is 0. The molecule has 0 radical (unpaired) electrons. The number of hydrogen-bond acceptors (Lipinski definition) is 4. The van der Waals surface area contributed by atoms with Crippen LogP contribution in [0.3, 0.4) is 0 Å². The lowest BCUT2D eigenvalue weighted by Crippen LogP contribution is -2.35. The van der Waals surface area contributed by atoms with E-state index >= 15 is 0 Å². The van der Waals surface area contributed by atoms with Gasteiger partial charge in [-0.25, -0.2) is 8.42 Å². The second-order valence-electron chi connectivity index (χ2n) is 11.3. The summed E-state index contributed by atoms with van der Waals surface area (Å²) in [6.45, 7) is 5.89. The Hall–Kier alpha value is -0.170. The van der Waals surface area contributed by atoms with Gasteiger partial charge in [-0.05, 0) is 19.3 Å². The van der Waals surface area contributed by atoms with Crippen LogP contribution in [0.25, 0.3) is 0 Å². The monoisotopic (exact) mass is 521 g/mol. The van der Waals surface area contributed by atoms with Crippen LogP contribution in [-0.4, -0.2) is 51.7 Å². The average Bonchev–Trinajstić information content (AvgIpc) is 2.77. The summed E-state index contributed by atoms with van der Waals surface area (Å²) < 4.78 is 35.8. The first kappa shape index (κ1) is 37.0. The van der Waals surface area contributed by atoms with E-state index in [1.54, 1.807) is 0 Å². The van der Waals surface area contributed by atoms with E-state index in [4.69, 9.17) is 0 Å². The molecule has 214 valence electrons. The van der Waals surface area contributed by atoms with E-state index in [-0.39, 0.29) is 6.61 Å². The van der Waals surface area contributed by atoms with Crippen molar-refractivity contribution in [2.45, 2.75) is 155 Å². The molecule has 0 amide bonds. The lowest BCUT2D eigenvalue weighted by molar-refractivity contribution is -0.870. The molecule has 0 heterocycles. The lowest BCUT2D eigenvalue weighted by Gasteiger charge is -2.23. The first-order chi connectivity index (χ1) is 16.6. The fraction of sp³-hybridized carbons (Fsp3) is 1.00. The van der Waals surface area contributed by atoms with Gasteiger partial charge in [0.25, 0.3) is 0 Å². The molecule has 0 bridgehead atoms. The summed E-state index contributed by atoms with van der Waals surface area (Å²) in [6, 6.07) is 0. The van der Waals surface area contributed by atoms with Crippen molar-refractivity contribution < 1.29 is 21.6 Å². The van der Waals surface area contributed by atoms with Gasteiger partial charge in [0, 0.05) is 0 Å². The van der Waals surface area contributed by atoms with E-state index in [2.05, 4.69) is 39.2 Å². The highest BCUT2D eigenvalue weighted by molar-refractivity contribution is 7.80. The molecule has 0 rings (SSSR count). The summed E-state index contributed by atoms with van der Waals surface area (Å²) in [5.41, 5.74) is 0. The first-order valence-corrected chi connectivity index (χ1v) is 16.4. The molecule has 0 N–H and O–H groups in total.